The molecule has 0 amide bonds. The SMILES string of the molecule is CC/C(=C(\CC)N1C2=C(CCNC2C)C(C)C1C)C(C)C. The first kappa shape index (κ1) is 16.6. The van der Waals surface area contributed by atoms with Crippen molar-refractivity contribution in [3.63, 3.8) is 0 Å². The average Bonchev–Trinajstić information content (AvgIpc) is 2.70. The Kier molecular flexibility index (Phi) is 5.19. The Balaban J connectivity index is 2.52. The Labute approximate surface area is 131 Å². The van der Waals surface area contributed by atoms with Gasteiger partial charge in [-0.15, -0.1) is 0 Å². The molecule has 2 heteroatoms. The smallest absolute Gasteiger partial charge is 0.0446 e. The summed E-state index contributed by atoms with van der Waals surface area (Å²) in [6.07, 6.45) is 3.53. The highest BCUT2D eigenvalue weighted by Crippen LogP contribution is 2.43. The number of hydrogen-bond donors (Lipinski definition) is 1. The maximum absolute atomic E-state index is 3.67. The quantitative estimate of drug-likeness (QED) is 0.808. The van der Waals surface area contributed by atoms with Crippen LogP contribution in [0.25, 0.3) is 0 Å². The minimum absolute atomic E-state index is 0.493. The molecule has 0 bridgehead atoms. The van der Waals surface area contributed by atoms with Crippen LogP contribution in [0.5, 0.6) is 0 Å². The van der Waals surface area contributed by atoms with Crippen molar-refractivity contribution >= 4 is 0 Å². The van der Waals surface area contributed by atoms with E-state index in [0.29, 0.717) is 23.9 Å². The van der Waals surface area contributed by atoms with Crippen LogP contribution in [0.3, 0.4) is 0 Å². The number of hydrogen-bond acceptors (Lipinski definition) is 2. The van der Waals surface area contributed by atoms with Crippen LogP contribution in [-0.4, -0.2) is 23.5 Å². The van der Waals surface area contributed by atoms with Crippen LogP contribution < -0.4 is 5.32 Å². The predicted octanol–water partition coefficient (Wildman–Crippen LogP) is 4.69. The van der Waals surface area contributed by atoms with Crippen molar-refractivity contribution in [3.8, 4) is 0 Å². The standard InChI is InChI=1S/C19H34N2/c1-8-16(12(3)4)18(9-2)21-15(7)13(5)17-10-11-20-14(6)19(17)21/h12-15,20H,8-11H2,1-7H3/b18-16-. The van der Waals surface area contributed by atoms with Gasteiger partial charge in [-0.3, -0.25) is 0 Å². The van der Waals surface area contributed by atoms with Crippen LogP contribution in [0.1, 0.15) is 67.7 Å². The van der Waals surface area contributed by atoms with Gasteiger partial charge in [0.05, 0.1) is 0 Å². The summed E-state index contributed by atoms with van der Waals surface area (Å²) in [5.41, 5.74) is 6.53. The van der Waals surface area contributed by atoms with E-state index in [-0.39, 0.29) is 0 Å². The third-order valence-corrected chi connectivity index (χ3v) is 5.60. The second-order valence-electron chi connectivity index (χ2n) is 7.07. The molecule has 3 atom stereocenters. The second kappa shape index (κ2) is 6.56. The van der Waals surface area contributed by atoms with E-state index in [2.05, 4.69) is 58.7 Å². The molecule has 21 heavy (non-hydrogen) atoms. The van der Waals surface area contributed by atoms with Crippen molar-refractivity contribution in [2.45, 2.75) is 79.8 Å². The summed E-state index contributed by atoms with van der Waals surface area (Å²) in [7, 11) is 0. The van der Waals surface area contributed by atoms with Gasteiger partial charge < -0.3 is 10.2 Å². The molecule has 0 fully saturated rings. The van der Waals surface area contributed by atoms with Crippen LogP contribution in [0.4, 0.5) is 0 Å². The molecular weight excluding hydrogens is 256 g/mol. The van der Waals surface area contributed by atoms with Crippen molar-refractivity contribution in [1.82, 2.24) is 10.2 Å². The fourth-order valence-corrected chi connectivity index (χ4v) is 4.37. The van der Waals surface area contributed by atoms with E-state index in [0.717, 1.165) is 13.0 Å². The number of rotatable bonds is 4. The average molecular weight is 290 g/mol. The minimum Gasteiger partial charge on any atom is -0.344 e. The summed E-state index contributed by atoms with van der Waals surface area (Å²) in [4.78, 5) is 2.70. The van der Waals surface area contributed by atoms with Gasteiger partial charge in [-0.05, 0) is 62.6 Å². The Morgan fingerprint density at radius 2 is 1.86 bits per heavy atom. The van der Waals surface area contributed by atoms with Crippen LogP contribution in [0, 0.1) is 11.8 Å². The molecule has 0 aromatic heterocycles. The zero-order valence-electron chi connectivity index (χ0n) is 15.1. The van der Waals surface area contributed by atoms with Crippen molar-refractivity contribution < 1.29 is 0 Å². The lowest BCUT2D eigenvalue weighted by atomic mass is 9.92. The second-order valence-corrected chi connectivity index (χ2v) is 7.07. The van der Waals surface area contributed by atoms with Crippen LogP contribution >= 0.6 is 0 Å². The first-order valence-electron chi connectivity index (χ1n) is 8.91. The first-order valence-corrected chi connectivity index (χ1v) is 8.91. The Bertz CT molecular complexity index is 444. The van der Waals surface area contributed by atoms with Gasteiger partial charge in [0.1, 0.15) is 0 Å². The summed E-state index contributed by atoms with van der Waals surface area (Å²) < 4.78 is 0. The molecule has 2 nitrogen and oxygen atoms in total. The molecule has 3 unspecified atom stereocenters. The van der Waals surface area contributed by atoms with E-state index in [1.165, 1.54) is 12.8 Å². The lowest BCUT2D eigenvalue weighted by Crippen LogP contribution is -2.40. The van der Waals surface area contributed by atoms with Crippen molar-refractivity contribution in [2.24, 2.45) is 11.8 Å². The van der Waals surface area contributed by atoms with Gasteiger partial charge in [-0.2, -0.15) is 0 Å². The van der Waals surface area contributed by atoms with Crippen molar-refractivity contribution in [3.05, 3.63) is 22.5 Å². The van der Waals surface area contributed by atoms with E-state index in [9.17, 15) is 0 Å². The van der Waals surface area contributed by atoms with Crippen LogP contribution in [-0.2, 0) is 0 Å². The van der Waals surface area contributed by atoms with Gasteiger partial charge in [-0.1, -0.05) is 34.6 Å². The highest BCUT2D eigenvalue weighted by atomic mass is 15.2. The van der Waals surface area contributed by atoms with Gasteiger partial charge >= 0.3 is 0 Å². The molecule has 0 aromatic carbocycles. The molecule has 0 radical (unpaired) electrons. The summed E-state index contributed by atoms with van der Waals surface area (Å²) in [6, 6.07) is 1.10. The van der Waals surface area contributed by atoms with E-state index >= 15 is 0 Å². The van der Waals surface area contributed by atoms with Crippen molar-refractivity contribution in [1.29, 1.82) is 0 Å². The molecule has 0 saturated heterocycles. The molecule has 120 valence electrons. The topological polar surface area (TPSA) is 15.3 Å². The fraction of sp³-hybridized carbons (Fsp3) is 0.789. The maximum atomic E-state index is 3.67. The third kappa shape index (κ3) is 2.79. The predicted molar refractivity (Wildman–Crippen MR) is 92.0 cm³/mol. The third-order valence-electron chi connectivity index (χ3n) is 5.60. The Morgan fingerprint density at radius 1 is 1.19 bits per heavy atom. The molecule has 2 aliphatic heterocycles. The Hall–Kier alpha value is -0.760. The Morgan fingerprint density at radius 3 is 2.38 bits per heavy atom. The summed E-state index contributed by atoms with van der Waals surface area (Å²) in [5, 5.41) is 3.67. The molecule has 0 spiro atoms. The molecule has 2 rings (SSSR count). The van der Waals surface area contributed by atoms with E-state index in [4.69, 9.17) is 0 Å². The normalized spacial score (nSPS) is 30.9. The lowest BCUT2D eigenvalue weighted by Gasteiger charge is -2.37. The van der Waals surface area contributed by atoms with E-state index in [1.54, 1.807) is 22.5 Å². The zero-order valence-corrected chi connectivity index (χ0v) is 15.1. The van der Waals surface area contributed by atoms with Gasteiger partial charge in [-0.25, -0.2) is 0 Å². The first-order chi connectivity index (χ1) is 9.93. The summed E-state index contributed by atoms with van der Waals surface area (Å²) in [6.45, 7) is 17.6. The minimum atomic E-state index is 0.493. The molecule has 2 heterocycles. The van der Waals surface area contributed by atoms with Gasteiger partial charge in [0.25, 0.3) is 0 Å². The molecule has 1 N–H and O–H groups in total. The zero-order chi connectivity index (χ0) is 15.7. The highest BCUT2D eigenvalue weighted by Gasteiger charge is 2.40. The molecule has 0 aromatic rings. The van der Waals surface area contributed by atoms with Crippen LogP contribution in [0.15, 0.2) is 22.5 Å². The van der Waals surface area contributed by atoms with Gasteiger partial charge in [0.2, 0.25) is 0 Å². The lowest BCUT2D eigenvalue weighted by molar-refractivity contribution is 0.291. The molecule has 2 aliphatic rings. The monoisotopic (exact) mass is 290 g/mol. The molecular formula is C19H34N2. The molecule has 0 saturated carbocycles. The summed E-state index contributed by atoms with van der Waals surface area (Å²) in [5.74, 6) is 1.33. The highest BCUT2D eigenvalue weighted by molar-refractivity contribution is 5.36. The largest absolute Gasteiger partial charge is 0.344 e. The molecule has 0 aliphatic carbocycles. The fourth-order valence-electron chi connectivity index (χ4n) is 4.37. The van der Waals surface area contributed by atoms with E-state index < -0.39 is 0 Å². The van der Waals surface area contributed by atoms with Gasteiger partial charge in [0.15, 0.2) is 0 Å². The van der Waals surface area contributed by atoms with Gasteiger partial charge in [0, 0.05) is 23.5 Å². The summed E-state index contributed by atoms with van der Waals surface area (Å²) >= 11 is 0. The maximum Gasteiger partial charge on any atom is 0.0446 e. The number of allylic oxidation sites excluding steroid dienone is 2. The number of nitrogens with one attached hydrogen (secondary N) is 1. The van der Waals surface area contributed by atoms with Crippen LogP contribution in [0.2, 0.25) is 0 Å². The van der Waals surface area contributed by atoms with Crippen molar-refractivity contribution in [2.75, 3.05) is 6.54 Å². The number of nitrogens with zero attached hydrogens (tertiary/aromatic N) is 1. The van der Waals surface area contributed by atoms with E-state index in [1.807, 2.05) is 0 Å².